The van der Waals surface area contributed by atoms with Gasteiger partial charge >= 0.3 is 5.97 Å². The van der Waals surface area contributed by atoms with Crippen LogP contribution in [0.25, 0.3) is 6.08 Å². The second-order valence-corrected chi connectivity index (χ2v) is 8.43. The summed E-state index contributed by atoms with van der Waals surface area (Å²) in [6.07, 6.45) is 2.14. The molecule has 0 unspecified atom stereocenters. The van der Waals surface area contributed by atoms with E-state index in [-0.39, 0.29) is 12.3 Å². The number of ether oxygens (including phenoxy) is 1. The van der Waals surface area contributed by atoms with Gasteiger partial charge in [0.15, 0.2) is 0 Å². The van der Waals surface area contributed by atoms with Gasteiger partial charge in [-0.05, 0) is 47.9 Å². The summed E-state index contributed by atoms with van der Waals surface area (Å²) in [4.78, 5) is 25.2. The molecule has 1 heterocycles. The molecular formula is C21H18ClNO4S2. The third-order valence-electron chi connectivity index (χ3n) is 4.12. The van der Waals surface area contributed by atoms with Crippen molar-refractivity contribution >= 4 is 57.9 Å². The minimum Gasteiger partial charge on any atom is -0.489 e. The number of hydrogen-bond acceptors (Lipinski definition) is 5. The number of hydrogen-bond donors (Lipinski definition) is 1. The van der Waals surface area contributed by atoms with Crippen molar-refractivity contribution in [1.29, 1.82) is 0 Å². The minimum absolute atomic E-state index is 0.00309. The van der Waals surface area contributed by atoms with Gasteiger partial charge in [0.2, 0.25) is 0 Å². The Morgan fingerprint density at radius 2 is 2.00 bits per heavy atom. The Labute approximate surface area is 183 Å². The van der Waals surface area contributed by atoms with E-state index in [1.54, 1.807) is 6.08 Å². The minimum atomic E-state index is -0.888. The molecule has 3 rings (SSSR count). The molecular weight excluding hydrogens is 430 g/mol. The highest BCUT2D eigenvalue weighted by Crippen LogP contribution is 2.33. The molecule has 0 aromatic heterocycles. The lowest BCUT2D eigenvalue weighted by molar-refractivity contribution is -0.137. The molecule has 0 saturated carbocycles. The maximum Gasteiger partial charge on any atom is 0.303 e. The average molecular weight is 448 g/mol. The summed E-state index contributed by atoms with van der Waals surface area (Å²) in [7, 11) is 0. The fraction of sp³-hybridized carbons (Fsp3) is 0.190. The first kappa shape index (κ1) is 21.4. The van der Waals surface area contributed by atoms with E-state index in [0.29, 0.717) is 39.6 Å². The van der Waals surface area contributed by atoms with Crippen LogP contribution in [0.5, 0.6) is 5.75 Å². The number of benzene rings is 2. The van der Waals surface area contributed by atoms with Gasteiger partial charge in [0.05, 0.1) is 4.91 Å². The van der Waals surface area contributed by atoms with Crippen molar-refractivity contribution in [2.24, 2.45) is 0 Å². The zero-order chi connectivity index (χ0) is 20.8. The van der Waals surface area contributed by atoms with Gasteiger partial charge in [-0.3, -0.25) is 14.5 Å². The standard InChI is InChI=1S/C21H18ClNO4S2/c22-16-8-6-14(7-9-16)13-27-17-4-1-3-15(11-17)12-18-20(26)23(21(28)29-18)10-2-5-19(24)25/h1,3-4,6-9,11-12H,2,5,10,13H2,(H,24,25). The highest BCUT2D eigenvalue weighted by molar-refractivity contribution is 8.26. The quantitative estimate of drug-likeness (QED) is 0.454. The summed E-state index contributed by atoms with van der Waals surface area (Å²) in [5.74, 6) is -0.398. The number of aliphatic carboxylic acids is 1. The highest BCUT2D eigenvalue weighted by Gasteiger charge is 2.31. The lowest BCUT2D eigenvalue weighted by Crippen LogP contribution is -2.29. The molecule has 0 radical (unpaired) electrons. The van der Waals surface area contributed by atoms with Crippen LogP contribution in [0.2, 0.25) is 5.02 Å². The number of carboxylic acids is 1. The lowest BCUT2D eigenvalue weighted by Gasteiger charge is -2.13. The molecule has 0 spiro atoms. The normalized spacial score (nSPS) is 15.2. The van der Waals surface area contributed by atoms with Crippen molar-refractivity contribution in [2.75, 3.05) is 6.54 Å². The SMILES string of the molecule is O=C(O)CCCN1C(=O)C(=Cc2cccc(OCc3ccc(Cl)cc3)c2)SC1=S. The lowest BCUT2D eigenvalue weighted by atomic mass is 10.2. The largest absolute Gasteiger partial charge is 0.489 e. The van der Waals surface area contributed by atoms with Gasteiger partial charge in [-0.2, -0.15) is 0 Å². The highest BCUT2D eigenvalue weighted by atomic mass is 35.5. The Hall–Kier alpha value is -2.35. The van der Waals surface area contributed by atoms with Crippen LogP contribution in [0.4, 0.5) is 0 Å². The topological polar surface area (TPSA) is 66.8 Å². The average Bonchev–Trinajstić information content (AvgIpc) is 2.95. The predicted octanol–water partition coefficient (Wildman–Crippen LogP) is 4.99. The Morgan fingerprint density at radius 3 is 2.72 bits per heavy atom. The second kappa shape index (κ2) is 9.91. The molecule has 29 heavy (non-hydrogen) atoms. The fourth-order valence-corrected chi connectivity index (χ4v) is 4.11. The van der Waals surface area contributed by atoms with Crippen molar-refractivity contribution in [2.45, 2.75) is 19.4 Å². The van der Waals surface area contributed by atoms with Crippen molar-refractivity contribution < 1.29 is 19.4 Å². The number of halogens is 1. The summed E-state index contributed by atoms with van der Waals surface area (Å²) < 4.78 is 6.27. The van der Waals surface area contributed by atoms with Gasteiger partial charge in [-0.1, -0.05) is 59.8 Å². The maximum atomic E-state index is 12.6. The van der Waals surface area contributed by atoms with Crippen LogP contribution in [0, 0.1) is 0 Å². The zero-order valence-electron chi connectivity index (χ0n) is 15.3. The molecule has 1 saturated heterocycles. The third-order valence-corrected chi connectivity index (χ3v) is 5.75. The van der Waals surface area contributed by atoms with Crippen LogP contribution in [0.15, 0.2) is 53.4 Å². The molecule has 8 heteroatoms. The predicted molar refractivity (Wildman–Crippen MR) is 119 cm³/mol. The number of carboxylic acid groups (broad SMARTS) is 1. The van der Waals surface area contributed by atoms with Gasteiger partial charge in [0.25, 0.3) is 5.91 Å². The molecule has 0 atom stereocenters. The molecule has 1 amide bonds. The monoisotopic (exact) mass is 447 g/mol. The number of nitrogens with zero attached hydrogens (tertiary/aromatic N) is 1. The summed E-state index contributed by atoms with van der Waals surface area (Å²) in [6, 6.07) is 14.9. The molecule has 150 valence electrons. The van der Waals surface area contributed by atoms with E-state index in [1.165, 1.54) is 16.7 Å². The van der Waals surface area contributed by atoms with Gasteiger partial charge in [0, 0.05) is 18.0 Å². The Balaban J connectivity index is 1.64. The molecule has 2 aromatic carbocycles. The number of amides is 1. The molecule has 1 aliphatic heterocycles. The van der Waals surface area contributed by atoms with Crippen LogP contribution >= 0.6 is 35.6 Å². The number of thiocarbonyl (C=S) groups is 1. The summed E-state index contributed by atoms with van der Waals surface area (Å²) >= 11 is 12.4. The number of thioether (sulfide) groups is 1. The molecule has 2 aromatic rings. The van der Waals surface area contributed by atoms with E-state index < -0.39 is 5.97 Å². The van der Waals surface area contributed by atoms with E-state index in [0.717, 1.165) is 11.1 Å². The summed E-state index contributed by atoms with van der Waals surface area (Å²) in [5.41, 5.74) is 1.83. The third kappa shape index (κ3) is 6.06. The Morgan fingerprint density at radius 1 is 1.24 bits per heavy atom. The van der Waals surface area contributed by atoms with Crippen LogP contribution in [-0.2, 0) is 16.2 Å². The molecule has 1 aliphatic rings. The van der Waals surface area contributed by atoms with Gasteiger partial charge in [0.1, 0.15) is 16.7 Å². The second-order valence-electron chi connectivity index (χ2n) is 6.32. The van der Waals surface area contributed by atoms with Crippen molar-refractivity contribution in [3.05, 3.63) is 69.6 Å². The van der Waals surface area contributed by atoms with Gasteiger partial charge in [-0.25, -0.2) is 0 Å². The van der Waals surface area contributed by atoms with Crippen LogP contribution in [0.1, 0.15) is 24.0 Å². The fourth-order valence-electron chi connectivity index (χ4n) is 2.67. The molecule has 1 fully saturated rings. The smallest absolute Gasteiger partial charge is 0.303 e. The van der Waals surface area contributed by atoms with Gasteiger partial charge < -0.3 is 9.84 Å². The van der Waals surface area contributed by atoms with E-state index in [2.05, 4.69) is 0 Å². The maximum absolute atomic E-state index is 12.6. The first-order chi connectivity index (χ1) is 13.9. The first-order valence-electron chi connectivity index (χ1n) is 8.87. The zero-order valence-corrected chi connectivity index (χ0v) is 17.7. The van der Waals surface area contributed by atoms with E-state index >= 15 is 0 Å². The van der Waals surface area contributed by atoms with E-state index in [4.69, 9.17) is 33.7 Å². The Kier molecular flexibility index (Phi) is 7.30. The van der Waals surface area contributed by atoms with Crippen LogP contribution < -0.4 is 4.74 Å². The number of carbonyl (C=O) groups is 2. The summed E-state index contributed by atoms with van der Waals surface area (Å²) in [6.45, 7) is 0.713. The van der Waals surface area contributed by atoms with Crippen molar-refractivity contribution in [1.82, 2.24) is 4.90 Å². The Bertz CT molecular complexity index is 959. The van der Waals surface area contributed by atoms with Gasteiger partial charge in [-0.15, -0.1) is 0 Å². The van der Waals surface area contributed by atoms with Crippen LogP contribution in [0.3, 0.4) is 0 Å². The number of carbonyl (C=O) groups excluding carboxylic acids is 1. The van der Waals surface area contributed by atoms with E-state index in [9.17, 15) is 9.59 Å². The molecule has 0 aliphatic carbocycles. The van der Waals surface area contributed by atoms with Crippen molar-refractivity contribution in [3.8, 4) is 5.75 Å². The summed E-state index contributed by atoms with van der Waals surface area (Å²) in [5, 5.41) is 9.43. The molecule has 1 N–H and O–H groups in total. The number of rotatable bonds is 8. The van der Waals surface area contributed by atoms with Crippen molar-refractivity contribution in [3.63, 3.8) is 0 Å². The molecule has 0 bridgehead atoms. The van der Waals surface area contributed by atoms with Crippen LogP contribution in [-0.4, -0.2) is 32.7 Å². The van der Waals surface area contributed by atoms with E-state index in [1.807, 2.05) is 48.5 Å². The first-order valence-corrected chi connectivity index (χ1v) is 10.5. The molecule has 5 nitrogen and oxygen atoms in total.